The van der Waals surface area contributed by atoms with Crippen LogP contribution in [-0.4, -0.2) is 23.2 Å². The zero-order valence-electron chi connectivity index (χ0n) is 10.4. The number of hydrogen-bond donors (Lipinski definition) is 1. The maximum absolute atomic E-state index is 12.2. The van der Waals surface area contributed by atoms with Crippen LogP contribution in [0, 0.1) is 6.92 Å². The summed E-state index contributed by atoms with van der Waals surface area (Å²) in [5.74, 6) is 0.441. The molecule has 100 valence electrons. The van der Waals surface area contributed by atoms with Gasteiger partial charge in [-0.15, -0.1) is 23.2 Å². The fraction of sp³-hybridized carbons (Fsp3) is 0.462. The Kier molecular flexibility index (Phi) is 5.96. The van der Waals surface area contributed by atoms with Gasteiger partial charge in [0.25, 0.3) is 5.91 Å². The fourth-order valence-corrected chi connectivity index (χ4v) is 2.60. The van der Waals surface area contributed by atoms with Crippen molar-refractivity contribution in [2.24, 2.45) is 0 Å². The van der Waals surface area contributed by atoms with Crippen molar-refractivity contribution in [1.82, 2.24) is 5.32 Å². The lowest BCUT2D eigenvalue weighted by Gasteiger charge is -2.29. The quantitative estimate of drug-likeness (QED) is 0.793. The smallest absolute Gasteiger partial charge is 0.251 e. The summed E-state index contributed by atoms with van der Waals surface area (Å²) in [4.78, 5) is 12.2. The predicted molar refractivity (Wildman–Crippen MR) is 80.8 cm³/mol. The third kappa shape index (κ3) is 3.62. The second kappa shape index (κ2) is 6.78. The highest BCUT2D eigenvalue weighted by atomic mass is 79.9. The van der Waals surface area contributed by atoms with E-state index in [0.29, 0.717) is 23.7 Å². The average Bonchev–Trinajstić information content (AvgIpc) is 2.39. The van der Waals surface area contributed by atoms with Gasteiger partial charge in [-0.1, -0.05) is 28.9 Å². The molecule has 0 bridgehead atoms. The highest BCUT2D eigenvalue weighted by Crippen LogP contribution is 2.20. The normalized spacial score (nSPS) is 11.4. The Morgan fingerprint density at radius 1 is 1.39 bits per heavy atom. The highest BCUT2D eigenvalue weighted by Gasteiger charge is 2.28. The molecule has 0 atom stereocenters. The maximum Gasteiger partial charge on any atom is 0.251 e. The molecule has 2 nitrogen and oxygen atoms in total. The molecule has 0 aliphatic carbocycles. The molecule has 1 amide bonds. The van der Waals surface area contributed by atoms with Gasteiger partial charge in [0.15, 0.2) is 0 Å². The van der Waals surface area contributed by atoms with Gasteiger partial charge in [-0.25, -0.2) is 0 Å². The molecule has 0 radical (unpaired) electrons. The number of rotatable bonds is 5. The van der Waals surface area contributed by atoms with Crippen LogP contribution in [-0.2, 0) is 0 Å². The van der Waals surface area contributed by atoms with Crippen molar-refractivity contribution in [3.05, 3.63) is 33.8 Å². The lowest BCUT2D eigenvalue weighted by molar-refractivity contribution is 0.0913. The van der Waals surface area contributed by atoms with Crippen LogP contribution < -0.4 is 5.32 Å². The van der Waals surface area contributed by atoms with Crippen molar-refractivity contribution < 1.29 is 4.79 Å². The second-order valence-corrected chi connectivity index (χ2v) is 5.71. The first-order valence-corrected chi connectivity index (χ1v) is 7.55. The summed E-state index contributed by atoms with van der Waals surface area (Å²) in [6, 6.07) is 5.49. The minimum absolute atomic E-state index is 0.154. The van der Waals surface area contributed by atoms with Crippen molar-refractivity contribution in [3.63, 3.8) is 0 Å². The molecule has 0 saturated heterocycles. The van der Waals surface area contributed by atoms with Crippen LogP contribution in [0.1, 0.15) is 29.3 Å². The molecule has 0 unspecified atom stereocenters. The van der Waals surface area contributed by atoms with E-state index in [-0.39, 0.29) is 5.91 Å². The molecule has 1 aromatic rings. The predicted octanol–water partition coefficient (Wildman–Crippen LogP) is 4.11. The minimum Gasteiger partial charge on any atom is -0.344 e. The van der Waals surface area contributed by atoms with Crippen molar-refractivity contribution in [1.29, 1.82) is 0 Å². The third-order valence-electron chi connectivity index (χ3n) is 3.00. The summed E-state index contributed by atoms with van der Waals surface area (Å²) in [6.45, 7) is 3.93. The van der Waals surface area contributed by atoms with Gasteiger partial charge in [0.2, 0.25) is 0 Å². The number of aryl methyl sites for hydroxylation is 1. The van der Waals surface area contributed by atoms with Crippen LogP contribution in [0.15, 0.2) is 22.7 Å². The van der Waals surface area contributed by atoms with E-state index in [4.69, 9.17) is 23.2 Å². The molecular formula is C13H16BrCl2NO. The standard InChI is InChI=1S/C13H16BrCl2NO/c1-3-13(7-15,8-16)17-12(18)10-5-4-9(2)11(14)6-10/h4-6H,3,7-8H2,1-2H3,(H,17,18). The van der Waals surface area contributed by atoms with E-state index in [1.807, 2.05) is 19.9 Å². The summed E-state index contributed by atoms with van der Waals surface area (Å²) < 4.78 is 0.911. The first-order chi connectivity index (χ1) is 8.48. The second-order valence-electron chi connectivity index (χ2n) is 4.32. The first kappa shape index (κ1) is 15.8. The fourth-order valence-electron chi connectivity index (χ4n) is 1.43. The molecule has 18 heavy (non-hydrogen) atoms. The highest BCUT2D eigenvalue weighted by molar-refractivity contribution is 9.10. The molecule has 0 heterocycles. The number of halogens is 3. The average molecular weight is 353 g/mol. The number of carbonyl (C=O) groups excluding carboxylic acids is 1. The van der Waals surface area contributed by atoms with E-state index in [9.17, 15) is 4.79 Å². The van der Waals surface area contributed by atoms with Crippen molar-refractivity contribution >= 4 is 45.0 Å². The number of hydrogen-bond acceptors (Lipinski definition) is 1. The van der Waals surface area contributed by atoms with Crippen LogP contribution in [0.5, 0.6) is 0 Å². The molecular weight excluding hydrogens is 337 g/mol. The van der Waals surface area contributed by atoms with E-state index < -0.39 is 5.54 Å². The van der Waals surface area contributed by atoms with Crippen LogP contribution in [0.4, 0.5) is 0 Å². The Balaban J connectivity index is 2.90. The zero-order valence-corrected chi connectivity index (χ0v) is 13.5. The molecule has 1 aromatic carbocycles. The van der Waals surface area contributed by atoms with Crippen LogP contribution in [0.25, 0.3) is 0 Å². The lowest BCUT2D eigenvalue weighted by Crippen LogP contribution is -2.51. The van der Waals surface area contributed by atoms with Gasteiger partial charge in [0, 0.05) is 21.8 Å². The number of nitrogens with one attached hydrogen (secondary N) is 1. The largest absolute Gasteiger partial charge is 0.344 e. The summed E-state index contributed by atoms with van der Waals surface area (Å²) in [5.41, 5.74) is 1.14. The molecule has 0 saturated carbocycles. The monoisotopic (exact) mass is 351 g/mol. The molecule has 0 aromatic heterocycles. The number of alkyl halides is 2. The molecule has 1 rings (SSSR count). The lowest BCUT2D eigenvalue weighted by atomic mass is 10.0. The summed E-state index contributed by atoms with van der Waals surface area (Å²) in [6.07, 6.45) is 0.693. The van der Waals surface area contributed by atoms with E-state index >= 15 is 0 Å². The summed E-state index contributed by atoms with van der Waals surface area (Å²) >= 11 is 15.2. The van der Waals surface area contributed by atoms with Crippen molar-refractivity contribution in [2.75, 3.05) is 11.8 Å². The van der Waals surface area contributed by atoms with Gasteiger partial charge < -0.3 is 5.32 Å². The Labute approximate surface area is 126 Å². The SMILES string of the molecule is CCC(CCl)(CCl)NC(=O)c1ccc(C)c(Br)c1. The molecule has 0 aliphatic rings. The van der Waals surface area contributed by atoms with Crippen LogP contribution in [0.3, 0.4) is 0 Å². The van der Waals surface area contributed by atoms with Crippen molar-refractivity contribution in [2.45, 2.75) is 25.8 Å². The van der Waals surface area contributed by atoms with Gasteiger partial charge in [0.1, 0.15) is 0 Å². The van der Waals surface area contributed by atoms with E-state index in [2.05, 4.69) is 21.2 Å². The first-order valence-electron chi connectivity index (χ1n) is 5.68. The topological polar surface area (TPSA) is 29.1 Å². The third-order valence-corrected chi connectivity index (χ3v) is 4.88. The van der Waals surface area contributed by atoms with Crippen LogP contribution >= 0.6 is 39.1 Å². The zero-order chi connectivity index (χ0) is 13.8. The van der Waals surface area contributed by atoms with E-state index in [1.54, 1.807) is 12.1 Å². The molecule has 0 aliphatic heterocycles. The van der Waals surface area contributed by atoms with Crippen molar-refractivity contribution in [3.8, 4) is 0 Å². The molecule has 1 N–H and O–H groups in total. The molecule has 5 heteroatoms. The van der Waals surface area contributed by atoms with Gasteiger partial charge in [0.05, 0.1) is 5.54 Å². The van der Waals surface area contributed by atoms with Gasteiger partial charge in [-0.05, 0) is 31.0 Å². The Bertz CT molecular complexity index is 425. The number of amides is 1. The van der Waals surface area contributed by atoms with Gasteiger partial charge >= 0.3 is 0 Å². The molecule has 0 spiro atoms. The Morgan fingerprint density at radius 2 is 2.00 bits per heavy atom. The van der Waals surface area contributed by atoms with Gasteiger partial charge in [-0.3, -0.25) is 4.79 Å². The Hall–Kier alpha value is -0.250. The van der Waals surface area contributed by atoms with Crippen LogP contribution in [0.2, 0.25) is 0 Å². The summed E-state index contributed by atoms with van der Waals surface area (Å²) in [5, 5.41) is 2.92. The Morgan fingerprint density at radius 3 is 2.44 bits per heavy atom. The number of carbonyl (C=O) groups is 1. The number of benzene rings is 1. The maximum atomic E-state index is 12.2. The minimum atomic E-state index is -0.544. The van der Waals surface area contributed by atoms with Gasteiger partial charge in [-0.2, -0.15) is 0 Å². The summed E-state index contributed by atoms with van der Waals surface area (Å²) in [7, 11) is 0. The molecule has 0 fully saturated rings. The van der Waals surface area contributed by atoms with E-state index in [1.165, 1.54) is 0 Å². The van der Waals surface area contributed by atoms with E-state index in [0.717, 1.165) is 10.0 Å².